The fourth-order valence-corrected chi connectivity index (χ4v) is 1.87. The van der Waals surface area contributed by atoms with Gasteiger partial charge in [0.15, 0.2) is 0 Å². The summed E-state index contributed by atoms with van der Waals surface area (Å²) in [6, 6.07) is 2.11. The summed E-state index contributed by atoms with van der Waals surface area (Å²) >= 11 is 0. The second-order valence-electron chi connectivity index (χ2n) is 3.92. The first-order valence-electron chi connectivity index (χ1n) is 4.77. The topological polar surface area (TPSA) is 52.9 Å². The summed E-state index contributed by atoms with van der Waals surface area (Å²) in [6.45, 7) is 2.51. The highest BCUT2D eigenvalue weighted by molar-refractivity contribution is 5.86. The zero-order valence-corrected chi connectivity index (χ0v) is 8.34. The number of carbonyl (C=O) groups excluding carboxylic acids is 1. The van der Waals surface area contributed by atoms with Crippen LogP contribution in [0.25, 0.3) is 0 Å². The molecule has 0 radical (unpaired) electrons. The Bertz CT molecular complexity index is 302. The highest BCUT2D eigenvalue weighted by atomic mass is 16.2. The first-order chi connectivity index (χ1) is 6.64. The van der Waals surface area contributed by atoms with Crippen molar-refractivity contribution in [2.45, 2.75) is 26.2 Å². The molecule has 1 saturated carbocycles. The van der Waals surface area contributed by atoms with Crippen molar-refractivity contribution >= 4 is 5.91 Å². The molecule has 3 nitrogen and oxygen atoms in total. The van der Waals surface area contributed by atoms with Gasteiger partial charge in [0.2, 0.25) is 5.91 Å². The fourth-order valence-electron chi connectivity index (χ4n) is 1.87. The van der Waals surface area contributed by atoms with Crippen LogP contribution >= 0.6 is 0 Å². The molecule has 0 aromatic heterocycles. The molecule has 0 aromatic carbocycles. The molecule has 3 heteroatoms. The quantitative estimate of drug-likeness (QED) is 0.534. The van der Waals surface area contributed by atoms with Crippen molar-refractivity contribution in [3.63, 3.8) is 0 Å². The number of nitrogens with zero attached hydrogens (tertiary/aromatic N) is 1. The lowest BCUT2D eigenvalue weighted by molar-refractivity contribution is -0.133. The minimum atomic E-state index is -0.770. The fraction of sp³-hybridized carbons (Fsp3) is 0.636. The van der Waals surface area contributed by atoms with Crippen molar-refractivity contribution in [3.8, 4) is 18.4 Å². The van der Waals surface area contributed by atoms with Crippen molar-refractivity contribution in [1.29, 1.82) is 5.26 Å². The normalized spacial score (nSPS) is 29.5. The Kier molecular flexibility index (Phi) is 3.14. The van der Waals surface area contributed by atoms with Crippen LogP contribution in [0.3, 0.4) is 0 Å². The molecule has 74 valence electrons. The average molecular weight is 190 g/mol. The van der Waals surface area contributed by atoms with E-state index in [1.54, 1.807) is 0 Å². The van der Waals surface area contributed by atoms with Crippen LogP contribution in [0.4, 0.5) is 0 Å². The molecular formula is C11H14N2O. The van der Waals surface area contributed by atoms with Crippen LogP contribution in [-0.2, 0) is 4.79 Å². The molecule has 0 heterocycles. The van der Waals surface area contributed by atoms with Gasteiger partial charge < -0.3 is 5.32 Å². The Morgan fingerprint density at radius 2 is 2.36 bits per heavy atom. The number of terminal acetylenes is 1. The van der Waals surface area contributed by atoms with Crippen LogP contribution < -0.4 is 5.32 Å². The Hall–Kier alpha value is -1.48. The lowest BCUT2D eigenvalue weighted by atomic mass is 9.63. The van der Waals surface area contributed by atoms with Gasteiger partial charge in [0, 0.05) is 13.0 Å². The molecule has 0 saturated heterocycles. The molecule has 1 amide bonds. The second kappa shape index (κ2) is 4.15. The molecule has 1 rings (SSSR count). The minimum absolute atomic E-state index is 0.159. The number of nitriles is 1. The summed E-state index contributed by atoms with van der Waals surface area (Å²) in [5, 5.41) is 11.6. The van der Waals surface area contributed by atoms with Crippen LogP contribution in [-0.4, -0.2) is 12.5 Å². The monoisotopic (exact) mass is 190 g/mol. The zero-order valence-electron chi connectivity index (χ0n) is 8.34. The van der Waals surface area contributed by atoms with Gasteiger partial charge >= 0.3 is 0 Å². The molecule has 0 aromatic rings. The summed E-state index contributed by atoms with van der Waals surface area (Å²) in [5.74, 6) is 2.76. The molecule has 0 aliphatic heterocycles. The maximum absolute atomic E-state index is 11.6. The van der Waals surface area contributed by atoms with Crippen LogP contribution in [0.2, 0.25) is 0 Å². The van der Waals surface area contributed by atoms with Gasteiger partial charge in [-0.2, -0.15) is 5.26 Å². The van der Waals surface area contributed by atoms with Gasteiger partial charge in [0.05, 0.1) is 6.07 Å². The van der Waals surface area contributed by atoms with E-state index >= 15 is 0 Å². The molecule has 1 aliphatic carbocycles. The van der Waals surface area contributed by atoms with Crippen LogP contribution in [0.1, 0.15) is 26.2 Å². The van der Waals surface area contributed by atoms with E-state index in [1.165, 1.54) is 0 Å². The van der Waals surface area contributed by atoms with E-state index in [1.807, 2.05) is 6.92 Å². The third-order valence-electron chi connectivity index (χ3n) is 2.60. The minimum Gasteiger partial charge on any atom is -0.354 e. The second-order valence-corrected chi connectivity index (χ2v) is 3.92. The number of hydrogen-bond donors (Lipinski definition) is 1. The van der Waals surface area contributed by atoms with Crippen LogP contribution in [0.15, 0.2) is 0 Å². The van der Waals surface area contributed by atoms with Crippen molar-refractivity contribution in [2.75, 3.05) is 6.54 Å². The van der Waals surface area contributed by atoms with Crippen LogP contribution in [0, 0.1) is 35.0 Å². The van der Waals surface area contributed by atoms with E-state index in [0.29, 0.717) is 31.7 Å². The maximum atomic E-state index is 11.6. The number of amides is 1. The van der Waals surface area contributed by atoms with E-state index < -0.39 is 5.41 Å². The highest BCUT2D eigenvalue weighted by Crippen LogP contribution is 2.44. The maximum Gasteiger partial charge on any atom is 0.240 e. The summed E-state index contributed by atoms with van der Waals surface area (Å²) in [7, 11) is 0. The molecule has 0 spiro atoms. The lowest BCUT2D eigenvalue weighted by Crippen LogP contribution is -2.48. The van der Waals surface area contributed by atoms with Crippen molar-refractivity contribution in [1.82, 2.24) is 5.32 Å². The van der Waals surface area contributed by atoms with E-state index in [-0.39, 0.29) is 5.91 Å². The molecule has 1 aliphatic rings. The predicted octanol–water partition coefficient (Wildman–Crippen LogP) is 1.07. The first kappa shape index (κ1) is 10.6. The number of rotatable bonds is 3. The smallest absolute Gasteiger partial charge is 0.240 e. The third-order valence-corrected chi connectivity index (χ3v) is 2.60. The van der Waals surface area contributed by atoms with Gasteiger partial charge in [-0.15, -0.1) is 12.3 Å². The standard InChI is InChI=1S/C11H14N2O/c1-3-4-5-13-10(14)11(8-12)6-9(2)7-11/h1,9H,4-7H2,2H3,(H,13,14). The molecule has 1 N–H and O–H groups in total. The summed E-state index contributed by atoms with van der Waals surface area (Å²) in [6.07, 6.45) is 6.92. The van der Waals surface area contributed by atoms with Crippen molar-refractivity contribution in [2.24, 2.45) is 11.3 Å². The molecular weight excluding hydrogens is 176 g/mol. The third kappa shape index (κ3) is 1.88. The molecule has 1 fully saturated rings. The van der Waals surface area contributed by atoms with E-state index in [9.17, 15) is 4.79 Å². The molecule has 14 heavy (non-hydrogen) atoms. The zero-order chi connectivity index (χ0) is 10.6. The van der Waals surface area contributed by atoms with Gasteiger partial charge in [-0.25, -0.2) is 0 Å². The first-order valence-corrected chi connectivity index (χ1v) is 4.77. The van der Waals surface area contributed by atoms with Gasteiger partial charge in [0.1, 0.15) is 5.41 Å². The molecule has 0 atom stereocenters. The van der Waals surface area contributed by atoms with E-state index in [2.05, 4.69) is 17.3 Å². The largest absolute Gasteiger partial charge is 0.354 e. The number of carbonyl (C=O) groups is 1. The average Bonchev–Trinajstić information content (AvgIpc) is 2.12. The lowest BCUT2D eigenvalue weighted by Gasteiger charge is -2.39. The van der Waals surface area contributed by atoms with Crippen LogP contribution in [0.5, 0.6) is 0 Å². The Balaban J connectivity index is 2.44. The van der Waals surface area contributed by atoms with Gasteiger partial charge in [-0.3, -0.25) is 4.79 Å². The van der Waals surface area contributed by atoms with Crippen molar-refractivity contribution in [3.05, 3.63) is 0 Å². The summed E-state index contributed by atoms with van der Waals surface area (Å²) in [5.41, 5.74) is -0.770. The summed E-state index contributed by atoms with van der Waals surface area (Å²) < 4.78 is 0. The SMILES string of the molecule is C#CCCNC(=O)C1(C#N)CC(C)C1. The number of hydrogen-bond acceptors (Lipinski definition) is 2. The Morgan fingerprint density at radius 3 is 2.79 bits per heavy atom. The predicted molar refractivity (Wildman–Crippen MR) is 52.9 cm³/mol. The van der Waals surface area contributed by atoms with E-state index in [4.69, 9.17) is 11.7 Å². The van der Waals surface area contributed by atoms with Crippen molar-refractivity contribution < 1.29 is 4.79 Å². The van der Waals surface area contributed by atoms with Gasteiger partial charge in [-0.1, -0.05) is 6.92 Å². The molecule has 0 unspecified atom stereocenters. The Labute approximate surface area is 84.5 Å². The molecule has 0 bridgehead atoms. The Morgan fingerprint density at radius 1 is 1.71 bits per heavy atom. The number of nitrogens with one attached hydrogen (secondary N) is 1. The highest BCUT2D eigenvalue weighted by Gasteiger charge is 2.48. The van der Waals surface area contributed by atoms with Gasteiger partial charge in [-0.05, 0) is 18.8 Å². The summed E-state index contributed by atoms with van der Waals surface area (Å²) in [4.78, 5) is 11.6. The van der Waals surface area contributed by atoms with Gasteiger partial charge in [0.25, 0.3) is 0 Å². The van der Waals surface area contributed by atoms with E-state index in [0.717, 1.165) is 0 Å².